The molecule has 1 aliphatic heterocycles. The second-order valence-electron chi connectivity index (χ2n) is 16.0. The summed E-state index contributed by atoms with van der Waals surface area (Å²) in [5.74, 6) is 1.80. The minimum atomic E-state index is 0.589. The van der Waals surface area contributed by atoms with Gasteiger partial charge in [-0.2, -0.15) is 0 Å². The molecule has 0 saturated heterocycles. The molecule has 1 aliphatic rings. The van der Waals surface area contributed by atoms with Crippen molar-refractivity contribution in [3.63, 3.8) is 0 Å². The van der Waals surface area contributed by atoms with Gasteiger partial charge < -0.3 is 4.42 Å². The molecule has 0 amide bonds. The monoisotopic (exact) mass is 835 g/mol. The van der Waals surface area contributed by atoms with E-state index < -0.39 is 0 Å². The van der Waals surface area contributed by atoms with E-state index >= 15 is 0 Å². The van der Waals surface area contributed by atoms with Gasteiger partial charge in [0.15, 0.2) is 17.5 Å². The molecule has 12 rings (SSSR count). The second-order valence-corrected chi connectivity index (χ2v) is 17.1. The van der Waals surface area contributed by atoms with Gasteiger partial charge >= 0.3 is 0 Å². The Bertz CT molecular complexity index is 3520. The lowest BCUT2D eigenvalue weighted by Gasteiger charge is -2.16. The number of nitrogens with zero attached hydrogens (tertiary/aromatic N) is 3. The molecule has 0 spiro atoms. The normalized spacial score (nSPS) is 12.4. The minimum absolute atomic E-state index is 0.589. The predicted octanol–water partition coefficient (Wildman–Crippen LogP) is 16.1. The van der Waals surface area contributed by atoms with E-state index in [4.69, 9.17) is 19.4 Å². The lowest BCUT2D eigenvalue weighted by Crippen LogP contribution is -2.01. The average molecular weight is 836 g/mol. The van der Waals surface area contributed by atoms with Gasteiger partial charge in [-0.15, -0.1) is 0 Å². The molecule has 0 saturated carbocycles. The molecule has 3 heterocycles. The van der Waals surface area contributed by atoms with Gasteiger partial charge in [0.1, 0.15) is 11.2 Å². The average Bonchev–Trinajstić information content (AvgIpc) is 3.73. The lowest BCUT2D eigenvalue weighted by atomic mass is 9.94. The molecule has 0 atom stereocenters. The first-order chi connectivity index (χ1) is 31.7. The Morgan fingerprint density at radius 2 is 0.844 bits per heavy atom. The van der Waals surface area contributed by atoms with Crippen molar-refractivity contribution in [3.05, 3.63) is 223 Å². The smallest absolute Gasteiger partial charge is 0.164 e. The highest BCUT2D eigenvalue weighted by atomic mass is 32.2. The van der Waals surface area contributed by atoms with Crippen LogP contribution >= 0.6 is 11.8 Å². The first kappa shape index (κ1) is 37.6. The second kappa shape index (κ2) is 16.0. The summed E-state index contributed by atoms with van der Waals surface area (Å²) in [6, 6.07) is 74.5. The third kappa shape index (κ3) is 6.98. The van der Waals surface area contributed by atoms with E-state index in [9.17, 15) is 0 Å². The quantitative estimate of drug-likeness (QED) is 0.173. The van der Waals surface area contributed by atoms with Crippen LogP contribution in [0.4, 0.5) is 0 Å². The highest BCUT2D eigenvalue weighted by Gasteiger charge is 2.21. The summed E-state index contributed by atoms with van der Waals surface area (Å²) in [5, 5.41) is 2.19. The van der Waals surface area contributed by atoms with Crippen molar-refractivity contribution in [1.82, 2.24) is 15.0 Å². The van der Waals surface area contributed by atoms with Crippen LogP contribution in [-0.2, 0) is 0 Å². The van der Waals surface area contributed by atoms with E-state index in [1.807, 2.05) is 42.5 Å². The summed E-state index contributed by atoms with van der Waals surface area (Å²) in [6.07, 6.45) is 4.47. The fraction of sp³-hybridized carbons (Fsp3) is 0. The van der Waals surface area contributed by atoms with Crippen LogP contribution in [0.5, 0.6) is 0 Å². The largest absolute Gasteiger partial charge is 0.456 e. The van der Waals surface area contributed by atoms with E-state index in [0.717, 1.165) is 88.0 Å². The van der Waals surface area contributed by atoms with Gasteiger partial charge in [-0.1, -0.05) is 188 Å². The summed E-state index contributed by atoms with van der Waals surface area (Å²) >= 11 is 1.79. The predicted molar refractivity (Wildman–Crippen MR) is 265 cm³/mol. The molecule has 5 heteroatoms. The molecule has 0 fully saturated rings. The maximum absolute atomic E-state index is 6.57. The van der Waals surface area contributed by atoms with Gasteiger partial charge in [0.2, 0.25) is 0 Å². The van der Waals surface area contributed by atoms with Gasteiger partial charge in [-0.25, -0.2) is 15.0 Å². The summed E-state index contributed by atoms with van der Waals surface area (Å²) in [6.45, 7) is 0. The van der Waals surface area contributed by atoms with Gasteiger partial charge in [-0.05, 0) is 104 Å². The summed E-state index contributed by atoms with van der Waals surface area (Å²) < 4.78 is 6.57. The Morgan fingerprint density at radius 1 is 0.297 bits per heavy atom. The Labute approximate surface area is 375 Å². The fourth-order valence-electron chi connectivity index (χ4n) is 8.79. The van der Waals surface area contributed by atoms with Gasteiger partial charge in [0, 0.05) is 37.3 Å². The van der Waals surface area contributed by atoms with Crippen LogP contribution in [0.25, 0.3) is 113 Å². The first-order valence-electron chi connectivity index (χ1n) is 21.4. The van der Waals surface area contributed by atoms with Crippen molar-refractivity contribution in [3.8, 4) is 78.7 Å². The fourth-order valence-corrected chi connectivity index (χ4v) is 9.91. The molecular weight excluding hydrogens is 799 g/mol. The zero-order chi connectivity index (χ0) is 42.4. The first-order valence-corrected chi connectivity index (χ1v) is 22.2. The van der Waals surface area contributed by atoms with Crippen LogP contribution in [0.3, 0.4) is 0 Å². The summed E-state index contributed by atoms with van der Waals surface area (Å²) in [7, 11) is 0. The molecule has 2 aromatic heterocycles. The maximum Gasteiger partial charge on any atom is 0.164 e. The zero-order valence-electron chi connectivity index (χ0n) is 34.5. The Hall–Kier alpha value is -8.12. The number of furan rings is 1. The van der Waals surface area contributed by atoms with Crippen molar-refractivity contribution in [2.24, 2.45) is 0 Å². The van der Waals surface area contributed by atoms with Gasteiger partial charge in [-0.3, -0.25) is 0 Å². The summed E-state index contributed by atoms with van der Waals surface area (Å²) in [4.78, 5) is 18.1. The van der Waals surface area contributed by atoms with E-state index in [1.54, 1.807) is 11.8 Å². The molecular formula is C59H37N3OS. The number of rotatable bonds is 5. The van der Waals surface area contributed by atoms with E-state index in [0.29, 0.717) is 17.5 Å². The zero-order valence-corrected chi connectivity index (χ0v) is 35.3. The lowest BCUT2D eigenvalue weighted by molar-refractivity contribution is 0.669. The highest BCUT2D eigenvalue weighted by molar-refractivity contribution is 7.99. The molecule has 64 heavy (non-hydrogen) atoms. The Morgan fingerprint density at radius 3 is 1.56 bits per heavy atom. The van der Waals surface area contributed by atoms with Crippen LogP contribution in [-0.4, -0.2) is 15.0 Å². The number of benzene rings is 9. The van der Waals surface area contributed by atoms with E-state index in [-0.39, 0.29) is 0 Å². The number of para-hydroxylation sites is 1. The Balaban J connectivity index is 1.09. The van der Waals surface area contributed by atoms with Crippen molar-refractivity contribution in [2.75, 3.05) is 0 Å². The Kier molecular flexibility index (Phi) is 9.39. The van der Waals surface area contributed by atoms with Crippen LogP contribution in [0.1, 0.15) is 11.1 Å². The molecule has 0 N–H and O–H groups in total. The standard InChI is InChI=1S/C59H37N3OS/c1-4-16-38(17-5-1)44-32-45(39-18-6-2-7-19-39)34-46(33-44)59-61-57(42-21-8-3-9-22-42)60-58(62-59)43-31-30-41-29-28-40-20-10-11-23-47(40)49-25-13-15-27-55(49)64-56-37-51-48-24-12-14-26-53(48)63-54(51)36-52(56)50(41)35-43/h1-37H/b29-28-. The molecule has 11 aromatic rings. The number of fused-ring (bicyclic) bond motifs is 9. The molecule has 0 aliphatic carbocycles. The third-order valence-corrected chi connectivity index (χ3v) is 13.1. The van der Waals surface area contributed by atoms with Crippen molar-refractivity contribution < 1.29 is 4.42 Å². The van der Waals surface area contributed by atoms with Crippen molar-refractivity contribution >= 4 is 45.9 Å². The number of aromatic nitrogens is 3. The van der Waals surface area contributed by atoms with Crippen LogP contribution in [0.15, 0.2) is 227 Å². The van der Waals surface area contributed by atoms with E-state index in [1.165, 1.54) is 16.0 Å². The van der Waals surface area contributed by atoms with Crippen molar-refractivity contribution in [1.29, 1.82) is 0 Å². The third-order valence-electron chi connectivity index (χ3n) is 12.0. The van der Waals surface area contributed by atoms with E-state index in [2.05, 4.69) is 182 Å². The van der Waals surface area contributed by atoms with Crippen LogP contribution in [0.2, 0.25) is 0 Å². The molecule has 0 bridgehead atoms. The molecule has 300 valence electrons. The molecule has 0 radical (unpaired) electrons. The maximum atomic E-state index is 6.57. The topological polar surface area (TPSA) is 51.8 Å². The molecule has 9 aromatic carbocycles. The molecule has 0 unspecified atom stereocenters. The van der Waals surface area contributed by atoms with Crippen LogP contribution < -0.4 is 0 Å². The van der Waals surface area contributed by atoms with Gasteiger partial charge in [0.05, 0.1) is 0 Å². The SMILES string of the molecule is C1=C\c2ccc(-c3nc(-c4ccccc4)nc(-c4cc(-c5ccccc5)cc(-c5ccccc5)c4)n3)cc2-c2cc3oc4ccccc4c3cc2Sc2ccccc2-c2ccccc2/1. The minimum Gasteiger partial charge on any atom is -0.456 e. The number of hydrogen-bond donors (Lipinski definition) is 0. The number of hydrogen-bond acceptors (Lipinski definition) is 5. The molecule has 4 nitrogen and oxygen atoms in total. The highest BCUT2D eigenvalue weighted by Crippen LogP contribution is 2.47. The van der Waals surface area contributed by atoms with Gasteiger partial charge in [0.25, 0.3) is 0 Å². The van der Waals surface area contributed by atoms with Crippen LogP contribution in [0, 0.1) is 0 Å². The summed E-state index contributed by atoms with van der Waals surface area (Å²) in [5.41, 5.74) is 15.6. The van der Waals surface area contributed by atoms with Crippen molar-refractivity contribution in [2.45, 2.75) is 9.79 Å².